The zero-order valence-corrected chi connectivity index (χ0v) is 9.04. The fourth-order valence-electron chi connectivity index (χ4n) is 1.23. The summed E-state index contributed by atoms with van der Waals surface area (Å²) < 4.78 is 2.64. The van der Waals surface area contributed by atoms with Crippen molar-refractivity contribution in [3.8, 4) is 0 Å². The summed E-state index contributed by atoms with van der Waals surface area (Å²) in [6, 6.07) is 11.8. The van der Waals surface area contributed by atoms with E-state index in [1.807, 2.05) is 36.4 Å². The van der Waals surface area contributed by atoms with E-state index in [1.54, 1.807) is 0 Å². The van der Waals surface area contributed by atoms with E-state index >= 15 is 0 Å². The molecule has 0 saturated heterocycles. The van der Waals surface area contributed by atoms with Gasteiger partial charge in [0.25, 0.3) is 0 Å². The van der Waals surface area contributed by atoms with Crippen LogP contribution in [0.5, 0.6) is 0 Å². The molecule has 0 radical (unpaired) electrons. The van der Waals surface area contributed by atoms with Gasteiger partial charge in [-0.05, 0) is 12.1 Å². The lowest BCUT2D eigenvalue weighted by atomic mass is 10.2. The molecule has 76 valence electrons. The molecule has 4 heteroatoms. The molecular weight excluding hydrogens is 208 g/mol. The fourth-order valence-corrected chi connectivity index (χ4v) is 1.76. The third-order valence-electron chi connectivity index (χ3n) is 1.87. The quantitative estimate of drug-likeness (QED) is 0.787. The average Bonchev–Trinajstić information content (AvgIpc) is 2.26. The van der Waals surface area contributed by atoms with Crippen LogP contribution in [-0.4, -0.2) is 10.9 Å². The third-order valence-corrected chi connectivity index (χ3v) is 2.70. The van der Waals surface area contributed by atoms with Crippen molar-refractivity contribution < 1.29 is 4.79 Å². The molecule has 1 N–H and O–H groups in total. The van der Waals surface area contributed by atoms with Gasteiger partial charge in [0.1, 0.15) is 5.03 Å². The van der Waals surface area contributed by atoms with Gasteiger partial charge in [-0.2, -0.15) is 0 Å². The van der Waals surface area contributed by atoms with Crippen LogP contribution in [0.3, 0.4) is 0 Å². The Bertz CT molecular complexity index is 499. The number of pyridine rings is 1. The molecular formula is C11H10N2OS. The fraction of sp³-hybridized carbons (Fsp3) is 0.0909. The van der Waals surface area contributed by atoms with Crippen LogP contribution < -0.4 is 4.72 Å². The van der Waals surface area contributed by atoms with Crippen molar-refractivity contribution in [1.29, 1.82) is 0 Å². The lowest BCUT2D eigenvalue weighted by Gasteiger charge is -2.01. The first-order valence-corrected chi connectivity index (χ1v) is 5.36. The topological polar surface area (TPSA) is 42.0 Å². The molecule has 0 fully saturated rings. The second-order valence-electron chi connectivity index (χ2n) is 3.10. The largest absolute Gasteiger partial charge is 0.295 e. The molecule has 2 rings (SSSR count). The summed E-state index contributed by atoms with van der Waals surface area (Å²) in [7, 11) is 0. The van der Waals surface area contributed by atoms with Gasteiger partial charge in [-0.1, -0.05) is 24.3 Å². The van der Waals surface area contributed by atoms with Crippen molar-refractivity contribution >= 4 is 28.8 Å². The predicted molar refractivity (Wildman–Crippen MR) is 61.4 cm³/mol. The minimum Gasteiger partial charge on any atom is -0.295 e. The van der Waals surface area contributed by atoms with E-state index in [9.17, 15) is 4.79 Å². The maximum Gasteiger partial charge on any atom is 0.226 e. The van der Waals surface area contributed by atoms with E-state index < -0.39 is 0 Å². The zero-order chi connectivity index (χ0) is 10.7. The van der Waals surface area contributed by atoms with Crippen molar-refractivity contribution in [2.75, 3.05) is 0 Å². The van der Waals surface area contributed by atoms with Crippen LogP contribution in [0.15, 0.2) is 41.4 Å². The van der Waals surface area contributed by atoms with Gasteiger partial charge in [0, 0.05) is 24.3 Å². The second kappa shape index (κ2) is 4.31. The number of amides is 1. The Balaban J connectivity index is 2.26. The maximum atomic E-state index is 10.7. The summed E-state index contributed by atoms with van der Waals surface area (Å²) in [6.45, 7) is 1.48. The molecule has 1 heterocycles. The Kier molecular flexibility index (Phi) is 2.87. The highest BCUT2D eigenvalue weighted by Gasteiger charge is 1.99. The molecule has 1 aromatic carbocycles. The second-order valence-corrected chi connectivity index (χ2v) is 3.93. The molecule has 0 aliphatic carbocycles. The molecule has 0 aliphatic rings. The zero-order valence-electron chi connectivity index (χ0n) is 8.23. The number of nitrogens with zero attached hydrogens (tertiary/aromatic N) is 1. The van der Waals surface area contributed by atoms with Crippen molar-refractivity contribution in [3.63, 3.8) is 0 Å². The van der Waals surface area contributed by atoms with Crippen LogP contribution >= 0.6 is 11.9 Å². The molecule has 0 bridgehead atoms. The van der Waals surface area contributed by atoms with E-state index in [0.29, 0.717) is 0 Å². The molecule has 2 aromatic rings. The Morgan fingerprint density at radius 1 is 1.27 bits per heavy atom. The van der Waals surface area contributed by atoms with E-state index in [0.717, 1.165) is 15.9 Å². The van der Waals surface area contributed by atoms with E-state index in [1.165, 1.54) is 18.9 Å². The van der Waals surface area contributed by atoms with Crippen LogP contribution in [0.25, 0.3) is 10.9 Å². The Hall–Kier alpha value is -1.55. The number of fused-ring (bicyclic) bond motifs is 1. The molecule has 0 spiro atoms. The predicted octanol–water partition coefficient (Wildman–Crippen LogP) is 2.38. The maximum absolute atomic E-state index is 10.7. The minimum atomic E-state index is -0.0741. The summed E-state index contributed by atoms with van der Waals surface area (Å²) in [5, 5.41) is 1.90. The molecule has 1 amide bonds. The molecule has 0 atom stereocenters. The van der Waals surface area contributed by atoms with Crippen molar-refractivity contribution in [2.45, 2.75) is 11.9 Å². The number of hydrogen-bond donors (Lipinski definition) is 1. The number of carbonyl (C=O) groups is 1. The van der Waals surface area contributed by atoms with Crippen molar-refractivity contribution in [1.82, 2.24) is 9.71 Å². The van der Waals surface area contributed by atoms with E-state index in [4.69, 9.17) is 0 Å². The molecule has 15 heavy (non-hydrogen) atoms. The number of nitrogens with one attached hydrogen (secondary N) is 1. The monoisotopic (exact) mass is 218 g/mol. The Morgan fingerprint density at radius 3 is 2.87 bits per heavy atom. The summed E-state index contributed by atoms with van der Waals surface area (Å²) >= 11 is 1.23. The van der Waals surface area contributed by atoms with Gasteiger partial charge in [0.05, 0.1) is 5.52 Å². The first kappa shape index (κ1) is 9.98. The lowest BCUT2D eigenvalue weighted by Crippen LogP contribution is -2.10. The number of hydrogen-bond acceptors (Lipinski definition) is 3. The highest BCUT2D eigenvalue weighted by atomic mass is 32.2. The van der Waals surface area contributed by atoms with Crippen molar-refractivity contribution in [3.05, 3.63) is 36.4 Å². The van der Waals surface area contributed by atoms with Crippen LogP contribution in [0.2, 0.25) is 0 Å². The number of benzene rings is 1. The third kappa shape index (κ3) is 2.47. The Morgan fingerprint density at radius 2 is 2.07 bits per heavy atom. The van der Waals surface area contributed by atoms with Crippen molar-refractivity contribution in [2.24, 2.45) is 0 Å². The SMILES string of the molecule is CC(=O)NSc1ccc2ccccc2n1. The standard InChI is InChI=1S/C11H10N2OS/c1-8(14)13-15-11-7-6-9-4-2-3-5-10(9)12-11/h2-7H,1H3,(H,13,14). The van der Waals surface area contributed by atoms with Gasteiger partial charge in [-0.25, -0.2) is 4.98 Å². The normalized spacial score (nSPS) is 10.2. The minimum absolute atomic E-state index is 0.0741. The molecule has 0 unspecified atom stereocenters. The Labute approximate surface area is 92.0 Å². The van der Waals surface area contributed by atoms with Gasteiger partial charge in [0.15, 0.2) is 0 Å². The van der Waals surface area contributed by atoms with Gasteiger partial charge in [-0.3, -0.25) is 9.52 Å². The summed E-state index contributed by atoms with van der Waals surface area (Å²) in [4.78, 5) is 15.1. The van der Waals surface area contributed by atoms with Crippen LogP contribution in [-0.2, 0) is 4.79 Å². The average molecular weight is 218 g/mol. The van der Waals surface area contributed by atoms with Gasteiger partial charge in [0.2, 0.25) is 5.91 Å². The first-order chi connectivity index (χ1) is 7.25. The molecule has 3 nitrogen and oxygen atoms in total. The van der Waals surface area contributed by atoms with Gasteiger partial charge in [-0.15, -0.1) is 0 Å². The first-order valence-electron chi connectivity index (χ1n) is 4.55. The van der Waals surface area contributed by atoms with Gasteiger partial charge < -0.3 is 0 Å². The molecule has 0 aliphatic heterocycles. The summed E-state index contributed by atoms with van der Waals surface area (Å²) in [6.07, 6.45) is 0. The highest BCUT2D eigenvalue weighted by Crippen LogP contribution is 2.17. The molecule has 0 saturated carbocycles. The number of aromatic nitrogens is 1. The summed E-state index contributed by atoms with van der Waals surface area (Å²) in [5.74, 6) is -0.0741. The van der Waals surface area contributed by atoms with Crippen LogP contribution in [0.4, 0.5) is 0 Å². The van der Waals surface area contributed by atoms with Crippen LogP contribution in [0, 0.1) is 0 Å². The number of carbonyl (C=O) groups excluding carboxylic acids is 1. The van der Waals surface area contributed by atoms with E-state index in [2.05, 4.69) is 9.71 Å². The van der Waals surface area contributed by atoms with Gasteiger partial charge >= 0.3 is 0 Å². The smallest absolute Gasteiger partial charge is 0.226 e. The number of rotatable bonds is 2. The lowest BCUT2D eigenvalue weighted by molar-refractivity contribution is -0.117. The van der Waals surface area contributed by atoms with Crippen LogP contribution in [0.1, 0.15) is 6.92 Å². The summed E-state index contributed by atoms with van der Waals surface area (Å²) in [5.41, 5.74) is 0.938. The molecule has 1 aromatic heterocycles. The highest BCUT2D eigenvalue weighted by molar-refractivity contribution is 7.97. The number of para-hydroxylation sites is 1. The van der Waals surface area contributed by atoms with E-state index in [-0.39, 0.29) is 5.91 Å².